The summed E-state index contributed by atoms with van der Waals surface area (Å²) in [5.74, 6) is -0.889. The second-order valence-electron chi connectivity index (χ2n) is 5.19. The molecule has 21 heavy (non-hydrogen) atoms. The maximum absolute atomic E-state index is 11.0. The van der Waals surface area contributed by atoms with Crippen molar-refractivity contribution in [3.63, 3.8) is 0 Å². The van der Waals surface area contributed by atoms with Crippen LogP contribution >= 0.6 is 0 Å². The van der Waals surface area contributed by atoms with Crippen LogP contribution in [0, 0.1) is 0 Å². The molecule has 0 spiro atoms. The monoisotopic (exact) mass is 279 g/mol. The Morgan fingerprint density at radius 1 is 1.05 bits per heavy atom. The zero-order valence-corrected chi connectivity index (χ0v) is 11.9. The van der Waals surface area contributed by atoms with Crippen molar-refractivity contribution < 1.29 is 9.90 Å². The van der Waals surface area contributed by atoms with E-state index in [9.17, 15) is 4.79 Å². The molecule has 0 unspecified atom stereocenters. The largest absolute Gasteiger partial charge is 0.478 e. The first-order valence-corrected chi connectivity index (χ1v) is 7.07. The third-order valence-corrected chi connectivity index (χ3v) is 3.80. The minimum Gasteiger partial charge on any atom is -0.478 e. The normalized spacial score (nSPS) is 10.9. The molecule has 0 aliphatic carbocycles. The number of aryl methyl sites for hydroxylation is 1. The first kappa shape index (κ1) is 13.4. The molecule has 2 aromatic carbocycles. The zero-order chi connectivity index (χ0) is 14.8. The molecule has 0 radical (unpaired) electrons. The Labute approximate surface area is 123 Å². The molecule has 0 aliphatic heterocycles. The fourth-order valence-electron chi connectivity index (χ4n) is 2.55. The maximum Gasteiger partial charge on any atom is 0.335 e. The zero-order valence-electron chi connectivity index (χ0n) is 11.9. The van der Waals surface area contributed by atoms with Crippen molar-refractivity contribution in [3.8, 4) is 0 Å². The molecule has 0 atom stereocenters. The van der Waals surface area contributed by atoms with E-state index in [1.54, 1.807) is 12.1 Å². The molecule has 1 aromatic heterocycles. The summed E-state index contributed by atoms with van der Waals surface area (Å²) in [6, 6.07) is 15.8. The third-order valence-electron chi connectivity index (χ3n) is 3.80. The fraction of sp³-hybridized carbons (Fsp3) is 0.167. The van der Waals surface area contributed by atoms with Crippen LogP contribution in [0.4, 0.5) is 0 Å². The Bertz CT molecular complexity index is 785. The summed E-state index contributed by atoms with van der Waals surface area (Å²) < 4.78 is 2.14. The minimum atomic E-state index is -0.889. The molecule has 0 saturated carbocycles. The lowest BCUT2D eigenvalue weighted by molar-refractivity contribution is 0.0697. The third kappa shape index (κ3) is 2.68. The molecule has 1 heterocycles. The molecule has 0 aliphatic rings. The summed E-state index contributed by atoms with van der Waals surface area (Å²) in [6.07, 6.45) is 3.05. The molecule has 3 heteroatoms. The van der Waals surface area contributed by atoms with E-state index >= 15 is 0 Å². The van der Waals surface area contributed by atoms with Gasteiger partial charge in [0.15, 0.2) is 0 Å². The molecule has 1 N–H and O–H groups in total. The maximum atomic E-state index is 11.0. The number of hydrogen-bond donors (Lipinski definition) is 1. The Kier molecular flexibility index (Phi) is 3.48. The van der Waals surface area contributed by atoms with Crippen LogP contribution < -0.4 is 0 Å². The highest BCUT2D eigenvalue weighted by atomic mass is 16.4. The standard InChI is InChI=1S/C18H17NO2/c1-2-13-3-5-14(6-4-13)12-19-10-9-15-11-16(18(20)21)7-8-17(15)19/h3-11H,2,12H2,1H3,(H,20,21). The lowest BCUT2D eigenvalue weighted by atomic mass is 10.1. The smallest absolute Gasteiger partial charge is 0.335 e. The number of carbonyl (C=O) groups is 1. The average Bonchev–Trinajstić information content (AvgIpc) is 2.90. The van der Waals surface area contributed by atoms with Crippen molar-refractivity contribution >= 4 is 16.9 Å². The van der Waals surface area contributed by atoms with Crippen LogP contribution in [0.25, 0.3) is 10.9 Å². The minimum absolute atomic E-state index is 0.326. The van der Waals surface area contributed by atoms with Crippen molar-refractivity contribution in [2.24, 2.45) is 0 Å². The first-order valence-electron chi connectivity index (χ1n) is 7.07. The van der Waals surface area contributed by atoms with Crippen LogP contribution in [0.2, 0.25) is 0 Å². The molecule has 3 nitrogen and oxygen atoms in total. The van der Waals surface area contributed by atoms with E-state index in [2.05, 4.69) is 35.8 Å². The van der Waals surface area contributed by atoms with E-state index in [0.717, 1.165) is 23.9 Å². The fourth-order valence-corrected chi connectivity index (χ4v) is 2.55. The molecule has 0 fully saturated rings. The van der Waals surface area contributed by atoms with Crippen molar-refractivity contribution in [3.05, 3.63) is 71.4 Å². The van der Waals surface area contributed by atoms with Gasteiger partial charge in [0.05, 0.1) is 5.56 Å². The molecular formula is C18H17NO2. The van der Waals surface area contributed by atoms with Gasteiger partial charge in [-0.1, -0.05) is 31.2 Å². The van der Waals surface area contributed by atoms with Gasteiger partial charge in [-0.25, -0.2) is 4.79 Å². The number of aromatic nitrogens is 1. The highest BCUT2D eigenvalue weighted by Gasteiger charge is 2.07. The quantitative estimate of drug-likeness (QED) is 0.785. The van der Waals surface area contributed by atoms with Gasteiger partial charge >= 0.3 is 5.97 Å². The number of fused-ring (bicyclic) bond motifs is 1. The topological polar surface area (TPSA) is 42.2 Å². The predicted molar refractivity (Wildman–Crippen MR) is 83.8 cm³/mol. The molecule has 3 rings (SSSR count). The van der Waals surface area contributed by atoms with E-state index in [-0.39, 0.29) is 0 Å². The Morgan fingerprint density at radius 3 is 2.43 bits per heavy atom. The van der Waals surface area contributed by atoms with Crippen molar-refractivity contribution in [1.82, 2.24) is 4.57 Å². The van der Waals surface area contributed by atoms with Crippen LogP contribution in [0.3, 0.4) is 0 Å². The summed E-state index contributed by atoms with van der Waals surface area (Å²) >= 11 is 0. The second kappa shape index (κ2) is 5.44. The Hall–Kier alpha value is -2.55. The number of carboxylic acid groups (broad SMARTS) is 1. The van der Waals surface area contributed by atoms with Gasteiger partial charge in [0.1, 0.15) is 0 Å². The number of aromatic carboxylic acids is 1. The van der Waals surface area contributed by atoms with Crippen molar-refractivity contribution in [2.75, 3.05) is 0 Å². The van der Waals surface area contributed by atoms with Crippen LogP contribution in [0.1, 0.15) is 28.4 Å². The van der Waals surface area contributed by atoms with E-state index < -0.39 is 5.97 Å². The van der Waals surface area contributed by atoms with Crippen molar-refractivity contribution in [1.29, 1.82) is 0 Å². The van der Waals surface area contributed by atoms with Crippen LogP contribution in [0.15, 0.2) is 54.7 Å². The van der Waals surface area contributed by atoms with Gasteiger partial charge in [-0.15, -0.1) is 0 Å². The number of hydrogen-bond acceptors (Lipinski definition) is 1. The first-order chi connectivity index (χ1) is 10.2. The van der Waals surface area contributed by atoms with Gasteiger partial charge in [-0.2, -0.15) is 0 Å². The number of benzene rings is 2. The van der Waals surface area contributed by atoms with Gasteiger partial charge in [0.2, 0.25) is 0 Å². The second-order valence-corrected chi connectivity index (χ2v) is 5.19. The molecular weight excluding hydrogens is 262 g/mol. The molecule has 0 bridgehead atoms. The highest BCUT2D eigenvalue weighted by molar-refractivity contribution is 5.93. The van der Waals surface area contributed by atoms with Gasteiger partial charge < -0.3 is 9.67 Å². The van der Waals surface area contributed by atoms with E-state index in [4.69, 9.17) is 5.11 Å². The van der Waals surface area contributed by atoms with Crippen LogP contribution in [-0.2, 0) is 13.0 Å². The van der Waals surface area contributed by atoms with Crippen LogP contribution in [0.5, 0.6) is 0 Å². The Morgan fingerprint density at radius 2 is 1.76 bits per heavy atom. The predicted octanol–water partition coefficient (Wildman–Crippen LogP) is 3.95. The van der Waals surface area contributed by atoms with Crippen LogP contribution in [-0.4, -0.2) is 15.6 Å². The van der Waals surface area contributed by atoms with Gasteiger partial charge in [0.25, 0.3) is 0 Å². The van der Waals surface area contributed by atoms with Gasteiger partial charge in [-0.05, 0) is 41.8 Å². The SMILES string of the molecule is CCc1ccc(Cn2ccc3cc(C(=O)O)ccc32)cc1. The molecule has 0 saturated heterocycles. The molecule has 0 amide bonds. The summed E-state index contributed by atoms with van der Waals surface area (Å²) in [4.78, 5) is 11.0. The Balaban J connectivity index is 1.91. The van der Waals surface area contributed by atoms with Gasteiger partial charge in [-0.3, -0.25) is 0 Å². The number of carboxylic acids is 1. The summed E-state index contributed by atoms with van der Waals surface area (Å²) in [6.45, 7) is 2.94. The number of rotatable bonds is 4. The summed E-state index contributed by atoms with van der Waals surface area (Å²) in [5, 5.41) is 9.99. The van der Waals surface area contributed by atoms with E-state index in [1.165, 1.54) is 11.1 Å². The van der Waals surface area contributed by atoms with E-state index in [0.29, 0.717) is 5.56 Å². The molecule has 106 valence electrons. The average molecular weight is 279 g/mol. The lowest BCUT2D eigenvalue weighted by Gasteiger charge is -2.07. The van der Waals surface area contributed by atoms with Gasteiger partial charge in [0, 0.05) is 23.6 Å². The van der Waals surface area contributed by atoms with E-state index in [1.807, 2.05) is 18.3 Å². The highest BCUT2D eigenvalue weighted by Crippen LogP contribution is 2.19. The summed E-state index contributed by atoms with van der Waals surface area (Å²) in [5.41, 5.74) is 3.96. The molecule has 3 aromatic rings. The lowest BCUT2D eigenvalue weighted by Crippen LogP contribution is -1.99. The van der Waals surface area contributed by atoms with Crippen molar-refractivity contribution in [2.45, 2.75) is 19.9 Å². The summed E-state index contributed by atoms with van der Waals surface area (Å²) in [7, 11) is 0. The number of nitrogens with zero attached hydrogens (tertiary/aromatic N) is 1.